The molecule has 1 aromatic rings. The molecule has 4 heteroatoms. The molecule has 0 aliphatic heterocycles. The standard InChI is InChI=1S/C11H17N3O/c1-8-3-4-11(5-9(8)2)14-6-10(7-15)12-13-14/h6-9,11H,3-5H2,1-2H3. The number of hydrogen-bond acceptors (Lipinski definition) is 3. The van der Waals surface area contributed by atoms with Gasteiger partial charge >= 0.3 is 0 Å². The van der Waals surface area contributed by atoms with Gasteiger partial charge in [-0.25, -0.2) is 4.68 Å². The quantitative estimate of drug-likeness (QED) is 0.698. The third-order valence-electron chi connectivity index (χ3n) is 3.59. The summed E-state index contributed by atoms with van der Waals surface area (Å²) in [5, 5.41) is 7.80. The lowest BCUT2D eigenvalue weighted by Gasteiger charge is -2.31. The van der Waals surface area contributed by atoms with Crippen molar-refractivity contribution in [1.29, 1.82) is 0 Å². The Morgan fingerprint density at radius 1 is 1.40 bits per heavy atom. The second-order valence-corrected chi connectivity index (χ2v) is 4.66. The summed E-state index contributed by atoms with van der Waals surface area (Å²) in [5.41, 5.74) is 0.432. The zero-order chi connectivity index (χ0) is 10.8. The summed E-state index contributed by atoms with van der Waals surface area (Å²) in [7, 11) is 0. The fraction of sp³-hybridized carbons (Fsp3) is 0.727. The molecule has 1 aliphatic rings. The normalized spacial score (nSPS) is 31.5. The Bertz CT molecular complexity index is 347. The van der Waals surface area contributed by atoms with E-state index in [9.17, 15) is 4.79 Å². The largest absolute Gasteiger partial charge is 0.296 e. The maximum atomic E-state index is 10.5. The number of hydrogen-bond donors (Lipinski definition) is 0. The molecule has 0 N–H and O–H groups in total. The highest BCUT2D eigenvalue weighted by atomic mass is 16.1. The lowest BCUT2D eigenvalue weighted by molar-refractivity contribution is 0.111. The maximum absolute atomic E-state index is 10.5. The van der Waals surface area contributed by atoms with Crippen LogP contribution >= 0.6 is 0 Å². The van der Waals surface area contributed by atoms with Crippen LogP contribution in [0.2, 0.25) is 0 Å². The van der Waals surface area contributed by atoms with E-state index in [0.717, 1.165) is 31.0 Å². The Hall–Kier alpha value is -1.19. The van der Waals surface area contributed by atoms with Gasteiger partial charge in [0.1, 0.15) is 5.69 Å². The summed E-state index contributed by atoms with van der Waals surface area (Å²) >= 11 is 0. The van der Waals surface area contributed by atoms with Crippen LogP contribution in [-0.2, 0) is 0 Å². The lowest BCUT2D eigenvalue weighted by atomic mass is 9.79. The Kier molecular flexibility index (Phi) is 2.84. The Morgan fingerprint density at radius 2 is 2.20 bits per heavy atom. The van der Waals surface area contributed by atoms with Crippen LogP contribution in [0.1, 0.15) is 49.6 Å². The fourth-order valence-corrected chi connectivity index (χ4v) is 2.28. The van der Waals surface area contributed by atoms with Crippen molar-refractivity contribution in [2.24, 2.45) is 11.8 Å². The summed E-state index contributed by atoms with van der Waals surface area (Å²) in [6, 6.07) is 0.428. The third-order valence-corrected chi connectivity index (χ3v) is 3.59. The van der Waals surface area contributed by atoms with Gasteiger partial charge in [-0.15, -0.1) is 5.10 Å². The summed E-state index contributed by atoms with van der Waals surface area (Å²) in [6.45, 7) is 4.59. The van der Waals surface area contributed by atoms with Gasteiger partial charge < -0.3 is 0 Å². The van der Waals surface area contributed by atoms with Crippen molar-refractivity contribution in [3.8, 4) is 0 Å². The van der Waals surface area contributed by atoms with Gasteiger partial charge in [-0.3, -0.25) is 4.79 Å². The van der Waals surface area contributed by atoms with E-state index in [-0.39, 0.29) is 0 Å². The molecule has 15 heavy (non-hydrogen) atoms. The van der Waals surface area contributed by atoms with E-state index in [0.29, 0.717) is 11.7 Å². The van der Waals surface area contributed by atoms with Gasteiger partial charge in [0.2, 0.25) is 0 Å². The summed E-state index contributed by atoms with van der Waals surface area (Å²) in [5.74, 6) is 1.53. The van der Waals surface area contributed by atoms with Crippen molar-refractivity contribution in [2.75, 3.05) is 0 Å². The van der Waals surface area contributed by atoms with Crippen molar-refractivity contribution in [3.63, 3.8) is 0 Å². The number of aromatic nitrogens is 3. The Labute approximate surface area is 89.7 Å². The molecule has 3 unspecified atom stereocenters. The molecule has 0 aromatic carbocycles. The minimum Gasteiger partial charge on any atom is -0.296 e. The first-order chi connectivity index (χ1) is 7.20. The van der Waals surface area contributed by atoms with Crippen molar-refractivity contribution in [1.82, 2.24) is 15.0 Å². The highest BCUT2D eigenvalue weighted by molar-refractivity contribution is 5.70. The molecular weight excluding hydrogens is 190 g/mol. The van der Waals surface area contributed by atoms with Gasteiger partial charge in [-0.1, -0.05) is 19.1 Å². The summed E-state index contributed by atoms with van der Waals surface area (Å²) in [6.07, 6.45) is 6.02. The van der Waals surface area contributed by atoms with Crippen LogP contribution < -0.4 is 0 Å². The molecule has 3 atom stereocenters. The molecule has 1 aliphatic carbocycles. The molecule has 0 radical (unpaired) electrons. The average molecular weight is 207 g/mol. The van der Waals surface area contributed by atoms with E-state index in [1.54, 1.807) is 6.20 Å². The SMILES string of the molecule is CC1CCC(n2cc(C=O)nn2)CC1C. The van der Waals surface area contributed by atoms with Crippen LogP contribution in [0.25, 0.3) is 0 Å². The molecule has 2 rings (SSSR count). The zero-order valence-electron chi connectivity index (χ0n) is 9.26. The molecule has 0 bridgehead atoms. The summed E-state index contributed by atoms with van der Waals surface area (Å²) in [4.78, 5) is 10.5. The second-order valence-electron chi connectivity index (χ2n) is 4.66. The highest BCUT2D eigenvalue weighted by Gasteiger charge is 2.26. The minimum atomic E-state index is 0.428. The van der Waals surface area contributed by atoms with Crippen LogP contribution in [0.3, 0.4) is 0 Å². The Balaban J connectivity index is 2.08. The van der Waals surface area contributed by atoms with E-state index >= 15 is 0 Å². The smallest absolute Gasteiger partial charge is 0.171 e. The molecule has 0 spiro atoms. The third kappa shape index (κ3) is 2.08. The molecule has 0 saturated heterocycles. The van der Waals surface area contributed by atoms with Crippen molar-refractivity contribution >= 4 is 6.29 Å². The highest BCUT2D eigenvalue weighted by Crippen LogP contribution is 2.35. The molecule has 1 fully saturated rings. The van der Waals surface area contributed by atoms with E-state index < -0.39 is 0 Å². The van der Waals surface area contributed by atoms with E-state index in [2.05, 4.69) is 24.2 Å². The Morgan fingerprint density at radius 3 is 2.80 bits per heavy atom. The van der Waals surface area contributed by atoms with Crippen LogP contribution in [0.5, 0.6) is 0 Å². The monoisotopic (exact) mass is 207 g/mol. The lowest BCUT2D eigenvalue weighted by Crippen LogP contribution is -2.23. The van der Waals surface area contributed by atoms with Gasteiger partial charge in [0.05, 0.1) is 12.2 Å². The van der Waals surface area contributed by atoms with Crippen molar-refractivity contribution in [2.45, 2.75) is 39.2 Å². The molecule has 82 valence electrons. The van der Waals surface area contributed by atoms with Crippen molar-refractivity contribution < 1.29 is 4.79 Å². The van der Waals surface area contributed by atoms with E-state index in [4.69, 9.17) is 0 Å². The first kappa shape index (κ1) is 10.3. The molecule has 1 aromatic heterocycles. The van der Waals surface area contributed by atoms with E-state index in [1.165, 1.54) is 6.42 Å². The van der Waals surface area contributed by atoms with E-state index in [1.807, 2.05) is 4.68 Å². The molecule has 1 heterocycles. The van der Waals surface area contributed by atoms with Crippen LogP contribution in [0, 0.1) is 11.8 Å². The number of carbonyl (C=O) groups is 1. The van der Waals surface area contributed by atoms with Gasteiger partial charge in [0.15, 0.2) is 6.29 Å². The number of carbonyl (C=O) groups excluding carboxylic acids is 1. The summed E-state index contributed by atoms with van der Waals surface area (Å²) < 4.78 is 1.85. The number of rotatable bonds is 2. The molecule has 0 amide bonds. The van der Waals surface area contributed by atoms with Crippen molar-refractivity contribution in [3.05, 3.63) is 11.9 Å². The van der Waals surface area contributed by atoms with Crippen LogP contribution in [-0.4, -0.2) is 21.3 Å². The van der Waals surface area contributed by atoms with Gasteiger partial charge in [0, 0.05) is 0 Å². The number of aldehydes is 1. The molecular formula is C11H17N3O. The fourth-order valence-electron chi connectivity index (χ4n) is 2.28. The first-order valence-corrected chi connectivity index (χ1v) is 5.57. The second kappa shape index (κ2) is 4.13. The molecule has 1 saturated carbocycles. The number of nitrogens with zero attached hydrogens (tertiary/aromatic N) is 3. The van der Waals surface area contributed by atoms with Gasteiger partial charge in [0.25, 0.3) is 0 Å². The maximum Gasteiger partial charge on any atom is 0.171 e. The van der Waals surface area contributed by atoms with Gasteiger partial charge in [-0.05, 0) is 31.1 Å². The zero-order valence-corrected chi connectivity index (χ0v) is 9.26. The van der Waals surface area contributed by atoms with Crippen LogP contribution in [0.4, 0.5) is 0 Å². The predicted octanol–water partition coefficient (Wildman–Crippen LogP) is 2.09. The molecule has 4 nitrogen and oxygen atoms in total. The first-order valence-electron chi connectivity index (χ1n) is 5.57. The van der Waals surface area contributed by atoms with Crippen LogP contribution in [0.15, 0.2) is 6.20 Å². The van der Waals surface area contributed by atoms with Gasteiger partial charge in [-0.2, -0.15) is 0 Å². The average Bonchev–Trinajstić information content (AvgIpc) is 2.70. The minimum absolute atomic E-state index is 0.428. The topological polar surface area (TPSA) is 47.8 Å². The predicted molar refractivity (Wildman–Crippen MR) is 56.6 cm³/mol.